The maximum Gasteiger partial charge on any atom is 0.317 e. The number of alkyl halides is 2. The fourth-order valence-electron chi connectivity index (χ4n) is 4.28. The van der Waals surface area contributed by atoms with Gasteiger partial charge in [-0.3, -0.25) is 9.59 Å². The lowest BCUT2D eigenvalue weighted by Crippen LogP contribution is -2.81. The van der Waals surface area contributed by atoms with E-state index < -0.39 is 35.1 Å². The SMILES string of the molecule is CNC(=O)N1CC2(C1)C(=O)N(c1ccc(Cl)c(F)c1)CC(=O)N2Cc1ccc(C(C)(F)F)cc1. The lowest BCUT2D eigenvalue weighted by Gasteiger charge is -2.57. The summed E-state index contributed by atoms with van der Waals surface area (Å²) in [5.74, 6) is -4.63. The average molecular weight is 495 g/mol. The number of nitrogens with zero attached hydrogens (tertiary/aromatic N) is 3. The number of piperazine rings is 1. The summed E-state index contributed by atoms with van der Waals surface area (Å²) in [6, 6.07) is 8.93. The van der Waals surface area contributed by atoms with E-state index in [1.54, 1.807) is 0 Å². The van der Waals surface area contributed by atoms with Crippen molar-refractivity contribution in [2.24, 2.45) is 0 Å². The molecule has 2 heterocycles. The predicted molar refractivity (Wildman–Crippen MR) is 119 cm³/mol. The molecule has 4 rings (SSSR count). The molecular weight excluding hydrogens is 473 g/mol. The minimum Gasteiger partial charge on any atom is -0.341 e. The van der Waals surface area contributed by atoms with Gasteiger partial charge >= 0.3 is 6.03 Å². The van der Waals surface area contributed by atoms with Crippen LogP contribution in [-0.4, -0.2) is 59.9 Å². The van der Waals surface area contributed by atoms with Crippen LogP contribution in [0.1, 0.15) is 18.1 Å². The molecule has 2 aliphatic rings. The molecule has 4 amide bonds. The summed E-state index contributed by atoms with van der Waals surface area (Å²) < 4.78 is 41.2. The number of likely N-dealkylation sites (tertiary alicyclic amines) is 1. The molecule has 34 heavy (non-hydrogen) atoms. The Bertz CT molecular complexity index is 1150. The van der Waals surface area contributed by atoms with Crippen LogP contribution in [0.3, 0.4) is 0 Å². The molecule has 2 aromatic rings. The van der Waals surface area contributed by atoms with Gasteiger partial charge in [0.15, 0.2) is 5.54 Å². The van der Waals surface area contributed by atoms with Crippen LogP contribution < -0.4 is 10.2 Å². The number of halogens is 4. The van der Waals surface area contributed by atoms with E-state index in [0.29, 0.717) is 5.56 Å². The Hall–Kier alpha value is -3.27. The predicted octanol–water partition coefficient (Wildman–Crippen LogP) is 3.36. The summed E-state index contributed by atoms with van der Waals surface area (Å²) in [7, 11) is 1.45. The first-order chi connectivity index (χ1) is 16.0. The molecule has 0 unspecified atom stereocenters. The lowest BCUT2D eigenvalue weighted by atomic mass is 9.83. The highest BCUT2D eigenvalue weighted by Gasteiger charge is 2.60. The smallest absolute Gasteiger partial charge is 0.317 e. The van der Waals surface area contributed by atoms with Crippen molar-refractivity contribution in [2.45, 2.75) is 24.9 Å². The van der Waals surface area contributed by atoms with E-state index in [4.69, 9.17) is 11.6 Å². The van der Waals surface area contributed by atoms with E-state index in [-0.39, 0.29) is 42.5 Å². The standard InChI is InChI=1S/C23H22ClF3N4O3/c1-22(26,27)15-5-3-14(4-6-15)10-31-19(32)11-30(16-7-8-17(24)18(25)9-16)20(33)23(31)12-29(13-23)21(34)28-2/h3-9H,10-13H2,1-2H3,(H,28,34). The molecule has 7 nitrogen and oxygen atoms in total. The molecule has 0 saturated carbocycles. The first-order valence-electron chi connectivity index (χ1n) is 10.5. The van der Waals surface area contributed by atoms with Crippen molar-refractivity contribution in [3.8, 4) is 0 Å². The normalized spacial score (nSPS) is 17.8. The molecule has 11 heteroatoms. The average Bonchev–Trinajstić information content (AvgIpc) is 2.76. The van der Waals surface area contributed by atoms with Gasteiger partial charge in [-0.05, 0) is 23.8 Å². The summed E-state index contributed by atoms with van der Waals surface area (Å²) in [5.41, 5.74) is -0.812. The highest BCUT2D eigenvalue weighted by Crippen LogP contribution is 2.37. The Labute approximate surface area is 199 Å². The number of nitrogens with one attached hydrogen (secondary N) is 1. The number of carbonyl (C=O) groups is 3. The monoisotopic (exact) mass is 494 g/mol. The van der Waals surface area contributed by atoms with Crippen LogP contribution in [0.25, 0.3) is 0 Å². The zero-order valence-electron chi connectivity index (χ0n) is 18.4. The van der Waals surface area contributed by atoms with Gasteiger partial charge in [0.25, 0.3) is 11.8 Å². The van der Waals surface area contributed by atoms with Gasteiger partial charge < -0.3 is 20.0 Å². The van der Waals surface area contributed by atoms with Gasteiger partial charge in [0, 0.05) is 31.8 Å². The maximum atomic E-state index is 14.1. The first-order valence-corrected chi connectivity index (χ1v) is 10.9. The fourth-order valence-corrected chi connectivity index (χ4v) is 4.39. The largest absolute Gasteiger partial charge is 0.341 e. The number of carbonyl (C=O) groups excluding carboxylic acids is 3. The van der Waals surface area contributed by atoms with E-state index in [1.807, 2.05) is 0 Å². The van der Waals surface area contributed by atoms with Crippen molar-refractivity contribution in [1.82, 2.24) is 15.1 Å². The third-order valence-electron chi connectivity index (χ3n) is 6.18. The van der Waals surface area contributed by atoms with Crippen LogP contribution in [-0.2, 0) is 22.1 Å². The molecule has 2 fully saturated rings. The highest BCUT2D eigenvalue weighted by atomic mass is 35.5. The summed E-state index contributed by atoms with van der Waals surface area (Å²) in [4.78, 5) is 42.9. The van der Waals surface area contributed by atoms with Crippen LogP contribution in [0.15, 0.2) is 42.5 Å². The van der Waals surface area contributed by atoms with E-state index in [0.717, 1.165) is 13.0 Å². The van der Waals surface area contributed by atoms with Gasteiger partial charge in [-0.2, -0.15) is 0 Å². The van der Waals surface area contributed by atoms with Crippen molar-refractivity contribution in [3.63, 3.8) is 0 Å². The van der Waals surface area contributed by atoms with Crippen molar-refractivity contribution < 1.29 is 27.6 Å². The van der Waals surface area contributed by atoms with Crippen LogP contribution in [0.2, 0.25) is 5.02 Å². The van der Waals surface area contributed by atoms with Crippen LogP contribution in [0.5, 0.6) is 0 Å². The van der Waals surface area contributed by atoms with Crippen LogP contribution in [0.4, 0.5) is 23.7 Å². The van der Waals surface area contributed by atoms with E-state index in [1.165, 1.54) is 58.1 Å². The molecule has 1 spiro atoms. The number of benzene rings is 2. The molecule has 180 valence electrons. The van der Waals surface area contributed by atoms with Crippen LogP contribution >= 0.6 is 11.6 Å². The van der Waals surface area contributed by atoms with Gasteiger partial charge in [0.1, 0.15) is 12.4 Å². The van der Waals surface area contributed by atoms with Gasteiger partial charge in [-0.1, -0.05) is 35.9 Å². The second kappa shape index (κ2) is 8.50. The summed E-state index contributed by atoms with van der Waals surface area (Å²) >= 11 is 5.75. The third kappa shape index (κ3) is 4.06. The Kier molecular flexibility index (Phi) is 5.97. The van der Waals surface area contributed by atoms with Gasteiger partial charge in [0.2, 0.25) is 5.91 Å². The molecule has 2 aliphatic heterocycles. The van der Waals surface area contributed by atoms with Crippen molar-refractivity contribution in [1.29, 1.82) is 0 Å². The Morgan fingerprint density at radius 2 is 1.79 bits per heavy atom. The number of amides is 4. The zero-order chi connectivity index (χ0) is 24.8. The molecule has 0 atom stereocenters. The number of urea groups is 1. The topological polar surface area (TPSA) is 73.0 Å². The second-order valence-corrected chi connectivity index (χ2v) is 8.90. The van der Waals surface area contributed by atoms with Crippen molar-refractivity contribution >= 4 is 35.1 Å². The van der Waals surface area contributed by atoms with Crippen molar-refractivity contribution in [3.05, 3.63) is 64.4 Å². The molecule has 0 radical (unpaired) electrons. The minimum atomic E-state index is -3.01. The number of rotatable bonds is 4. The molecule has 2 aromatic carbocycles. The van der Waals surface area contributed by atoms with E-state index in [9.17, 15) is 27.6 Å². The van der Waals surface area contributed by atoms with Crippen molar-refractivity contribution in [2.75, 3.05) is 31.6 Å². The maximum absolute atomic E-state index is 14.1. The fraction of sp³-hybridized carbons (Fsp3) is 0.348. The second-order valence-electron chi connectivity index (χ2n) is 8.50. The highest BCUT2D eigenvalue weighted by molar-refractivity contribution is 6.30. The summed E-state index contributed by atoms with van der Waals surface area (Å²) in [6.07, 6.45) is 0. The van der Waals surface area contributed by atoms with E-state index in [2.05, 4.69) is 5.32 Å². The number of hydrogen-bond acceptors (Lipinski definition) is 3. The van der Waals surface area contributed by atoms with Gasteiger partial charge in [0.05, 0.1) is 18.1 Å². The Balaban J connectivity index is 1.66. The molecule has 0 aliphatic carbocycles. The summed E-state index contributed by atoms with van der Waals surface area (Å²) in [5, 5.41) is 2.36. The molecule has 0 bridgehead atoms. The van der Waals surface area contributed by atoms with E-state index >= 15 is 0 Å². The molecular formula is C23H22ClF3N4O3. The van der Waals surface area contributed by atoms with Gasteiger partial charge in [-0.15, -0.1) is 0 Å². The molecule has 0 aromatic heterocycles. The molecule has 1 N–H and O–H groups in total. The number of anilines is 1. The quantitative estimate of drug-likeness (QED) is 0.708. The molecule has 2 saturated heterocycles. The lowest BCUT2D eigenvalue weighted by molar-refractivity contribution is -0.161. The minimum absolute atomic E-state index is 0.00938. The zero-order valence-corrected chi connectivity index (χ0v) is 19.2. The summed E-state index contributed by atoms with van der Waals surface area (Å²) in [6.45, 7) is 0.320. The first kappa shape index (κ1) is 23.9. The van der Waals surface area contributed by atoms with Gasteiger partial charge in [-0.25, -0.2) is 18.0 Å². The van der Waals surface area contributed by atoms with Crippen LogP contribution in [0, 0.1) is 5.82 Å². The third-order valence-corrected chi connectivity index (χ3v) is 6.48. The Morgan fingerprint density at radius 1 is 1.15 bits per heavy atom. The number of hydrogen-bond donors (Lipinski definition) is 1. The Morgan fingerprint density at radius 3 is 2.35 bits per heavy atom.